The molecule has 1 aliphatic carbocycles. The number of methoxy groups -OCH3 is 1. The summed E-state index contributed by atoms with van der Waals surface area (Å²) >= 11 is 0. The van der Waals surface area contributed by atoms with Crippen molar-refractivity contribution in [3.8, 4) is 11.5 Å². The van der Waals surface area contributed by atoms with Crippen molar-refractivity contribution in [2.24, 2.45) is 5.73 Å². The summed E-state index contributed by atoms with van der Waals surface area (Å²) in [6.45, 7) is 2.11. The lowest BCUT2D eigenvalue weighted by molar-refractivity contribution is 0.149. The number of rotatable bonds is 6. The molecule has 3 nitrogen and oxygen atoms in total. The smallest absolute Gasteiger partial charge is 0.161 e. The van der Waals surface area contributed by atoms with Crippen LogP contribution in [0.3, 0.4) is 0 Å². The fourth-order valence-electron chi connectivity index (χ4n) is 2.75. The van der Waals surface area contributed by atoms with Crippen molar-refractivity contribution < 1.29 is 9.47 Å². The van der Waals surface area contributed by atoms with Crippen LogP contribution >= 0.6 is 0 Å². The summed E-state index contributed by atoms with van der Waals surface area (Å²) in [4.78, 5) is 0. The average molecular weight is 277 g/mol. The predicted molar refractivity (Wildman–Crippen MR) is 82.5 cm³/mol. The van der Waals surface area contributed by atoms with Crippen molar-refractivity contribution in [2.45, 2.75) is 64.0 Å². The maximum Gasteiger partial charge on any atom is 0.161 e. The number of ether oxygens (including phenoxy) is 2. The van der Waals surface area contributed by atoms with E-state index in [1.165, 1.54) is 24.8 Å². The number of hydrogen-bond acceptors (Lipinski definition) is 3. The molecule has 2 rings (SSSR count). The molecule has 20 heavy (non-hydrogen) atoms. The van der Waals surface area contributed by atoms with E-state index in [2.05, 4.69) is 19.1 Å². The second-order valence-electron chi connectivity index (χ2n) is 5.74. The fourth-order valence-corrected chi connectivity index (χ4v) is 2.75. The van der Waals surface area contributed by atoms with Crippen LogP contribution in [0.2, 0.25) is 0 Å². The Hall–Kier alpha value is -1.22. The quantitative estimate of drug-likeness (QED) is 0.862. The lowest BCUT2D eigenvalue weighted by Gasteiger charge is -2.24. The van der Waals surface area contributed by atoms with Crippen LogP contribution in [0.5, 0.6) is 11.5 Å². The second kappa shape index (κ2) is 7.53. The van der Waals surface area contributed by atoms with Gasteiger partial charge in [0, 0.05) is 6.04 Å². The largest absolute Gasteiger partial charge is 0.493 e. The SMILES string of the molecule is CCC(N)Cc1ccc(OC2CCCCC2)c(OC)c1. The van der Waals surface area contributed by atoms with E-state index in [1.807, 2.05) is 6.07 Å². The fraction of sp³-hybridized carbons (Fsp3) is 0.647. The van der Waals surface area contributed by atoms with Gasteiger partial charge in [0.15, 0.2) is 11.5 Å². The molecule has 0 aliphatic heterocycles. The van der Waals surface area contributed by atoms with E-state index in [1.54, 1.807) is 7.11 Å². The molecule has 3 heteroatoms. The van der Waals surface area contributed by atoms with Crippen LogP contribution in [-0.4, -0.2) is 19.3 Å². The maximum absolute atomic E-state index is 6.11. The van der Waals surface area contributed by atoms with Gasteiger partial charge in [0.25, 0.3) is 0 Å². The highest BCUT2D eigenvalue weighted by molar-refractivity contribution is 5.43. The summed E-state index contributed by atoms with van der Waals surface area (Å²) in [6.07, 6.45) is 8.43. The Balaban J connectivity index is 2.04. The third-order valence-corrected chi connectivity index (χ3v) is 4.10. The molecule has 1 aliphatic rings. The van der Waals surface area contributed by atoms with Crippen molar-refractivity contribution in [1.82, 2.24) is 0 Å². The lowest BCUT2D eigenvalue weighted by Crippen LogP contribution is -2.21. The summed E-state index contributed by atoms with van der Waals surface area (Å²) in [5.41, 5.74) is 7.23. The third-order valence-electron chi connectivity index (χ3n) is 4.10. The van der Waals surface area contributed by atoms with Crippen LogP contribution in [0.1, 0.15) is 51.0 Å². The molecular weight excluding hydrogens is 250 g/mol. The van der Waals surface area contributed by atoms with Crippen molar-refractivity contribution in [2.75, 3.05) is 7.11 Å². The zero-order valence-corrected chi connectivity index (χ0v) is 12.7. The van der Waals surface area contributed by atoms with E-state index in [-0.39, 0.29) is 6.04 Å². The summed E-state index contributed by atoms with van der Waals surface area (Å²) in [7, 11) is 1.70. The first-order valence-electron chi connectivity index (χ1n) is 7.82. The van der Waals surface area contributed by atoms with E-state index in [0.717, 1.165) is 37.2 Å². The highest BCUT2D eigenvalue weighted by atomic mass is 16.5. The molecule has 1 atom stereocenters. The van der Waals surface area contributed by atoms with Gasteiger partial charge in [-0.05, 0) is 56.2 Å². The maximum atomic E-state index is 6.11. The first kappa shape index (κ1) is 15.2. The Morgan fingerprint density at radius 2 is 1.95 bits per heavy atom. The van der Waals surface area contributed by atoms with Gasteiger partial charge in [-0.15, -0.1) is 0 Å². The molecule has 0 amide bonds. The minimum absolute atomic E-state index is 0.213. The highest BCUT2D eigenvalue weighted by Crippen LogP contribution is 2.32. The van der Waals surface area contributed by atoms with Gasteiger partial charge in [0.1, 0.15) is 0 Å². The van der Waals surface area contributed by atoms with Crippen LogP contribution in [-0.2, 0) is 6.42 Å². The van der Waals surface area contributed by atoms with E-state index >= 15 is 0 Å². The van der Waals surface area contributed by atoms with Gasteiger partial charge in [-0.3, -0.25) is 0 Å². The van der Waals surface area contributed by atoms with Gasteiger partial charge >= 0.3 is 0 Å². The van der Waals surface area contributed by atoms with Crippen molar-refractivity contribution >= 4 is 0 Å². The third kappa shape index (κ3) is 4.14. The van der Waals surface area contributed by atoms with Crippen LogP contribution in [0.4, 0.5) is 0 Å². The van der Waals surface area contributed by atoms with E-state index < -0.39 is 0 Å². The van der Waals surface area contributed by atoms with E-state index in [0.29, 0.717) is 6.10 Å². The summed E-state index contributed by atoms with van der Waals surface area (Å²) in [5.74, 6) is 1.70. The molecule has 2 N–H and O–H groups in total. The zero-order valence-electron chi connectivity index (χ0n) is 12.7. The molecule has 0 bridgehead atoms. The summed E-state index contributed by atoms with van der Waals surface area (Å²) < 4.78 is 11.6. The Bertz CT molecular complexity index is 413. The van der Waals surface area contributed by atoms with Crippen molar-refractivity contribution in [3.05, 3.63) is 23.8 Å². The average Bonchev–Trinajstić information content (AvgIpc) is 2.49. The van der Waals surface area contributed by atoms with Gasteiger partial charge in [-0.25, -0.2) is 0 Å². The standard InChI is InChI=1S/C17H27NO2/c1-3-14(18)11-13-9-10-16(17(12-13)19-2)20-15-7-5-4-6-8-15/h9-10,12,14-15H,3-8,11,18H2,1-2H3. The first-order chi connectivity index (χ1) is 9.72. The Morgan fingerprint density at radius 1 is 1.20 bits per heavy atom. The zero-order chi connectivity index (χ0) is 14.4. The molecule has 1 saturated carbocycles. The molecule has 0 radical (unpaired) electrons. The Morgan fingerprint density at radius 3 is 2.60 bits per heavy atom. The minimum Gasteiger partial charge on any atom is -0.493 e. The van der Waals surface area contributed by atoms with Crippen LogP contribution < -0.4 is 15.2 Å². The molecule has 0 aromatic heterocycles. The predicted octanol–water partition coefficient (Wildman–Crippen LogP) is 3.69. The molecule has 1 fully saturated rings. The van der Waals surface area contributed by atoms with Crippen molar-refractivity contribution in [3.63, 3.8) is 0 Å². The Labute approximate surface area is 122 Å². The number of hydrogen-bond donors (Lipinski definition) is 1. The monoisotopic (exact) mass is 277 g/mol. The molecule has 0 spiro atoms. The van der Waals surface area contributed by atoms with Crippen LogP contribution in [0, 0.1) is 0 Å². The lowest BCUT2D eigenvalue weighted by atomic mass is 9.97. The Kier molecular flexibility index (Phi) is 5.72. The topological polar surface area (TPSA) is 44.5 Å². The minimum atomic E-state index is 0.213. The molecule has 1 unspecified atom stereocenters. The van der Waals surface area contributed by atoms with Crippen LogP contribution in [0.25, 0.3) is 0 Å². The molecular formula is C17H27NO2. The highest BCUT2D eigenvalue weighted by Gasteiger charge is 2.17. The summed E-state index contributed by atoms with van der Waals surface area (Å²) in [5, 5.41) is 0. The number of nitrogens with two attached hydrogens (primary N) is 1. The summed E-state index contributed by atoms with van der Waals surface area (Å²) in [6, 6.07) is 6.42. The van der Waals surface area contributed by atoms with Crippen molar-refractivity contribution in [1.29, 1.82) is 0 Å². The van der Waals surface area contributed by atoms with Gasteiger partial charge in [-0.1, -0.05) is 19.4 Å². The molecule has 0 saturated heterocycles. The van der Waals surface area contributed by atoms with Gasteiger partial charge in [-0.2, -0.15) is 0 Å². The molecule has 1 aromatic carbocycles. The molecule has 112 valence electrons. The normalized spacial score (nSPS) is 17.8. The van der Waals surface area contributed by atoms with Gasteiger partial charge in [0.05, 0.1) is 13.2 Å². The van der Waals surface area contributed by atoms with Crippen LogP contribution in [0.15, 0.2) is 18.2 Å². The molecule has 0 heterocycles. The number of benzene rings is 1. The van der Waals surface area contributed by atoms with Gasteiger partial charge < -0.3 is 15.2 Å². The van der Waals surface area contributed by atoms with E-state index in [9.17, 15) is 0 Å². The molecule has 1 aromatic rings. The van der Waals surface area contributed by atoms with E-state index in [4.69, 9.17) is 15.2 Å². The second-order valence-corrected chi connectivity index (χ2v) is 5.74. The first-order valence-corrected chi connectivity index (χ1v) is 7.82. The van der Waals surface area contributed by atoms with Gasteiger partial charge in [0.2, 0.25) is 0 Å².